The molecule has 1 aliphatic heterocycles. The summed E-state index contributed by atoms with van der Waals surface area (Å²) in [6.45, 7) is 3.29. The molecule has 0 atom stereocenters. The predicted octanol–water partition coefficient (Wildman–Crippen LogP) is 1.67. The summed E-state index contributed by atoms with van der Waals surface area (Å²) in [5.74, 6) is -0.0471. The summed E-state index contributed by atoms with van der Waals surface area (Å²) in [5, 5.41) is 2.92. The SMILES string of the molecule is CCOCCN1C(=O)NC2(CCCCCC2)C1=O. The van der Waals surface area contributed by atoms with E-state index < -0.39 is 5.54 Å². The van der Waals surface area contributed by atoms with Crippen LogP contribution in [0.4, 0.5) is 4.79 Å². The number of carbonyl (C=O) groups is 2. The fourth-order valence-corrected chi connectivity index (χ4v) is 2.85. The van der Waals surface area contributed by atoms with E-state index in [1.54, 1.807) is 0 Å². The number of urea groups is 1. The number of nitrogens with one attached hydrogen (secondary N) is 1. The van der Waals surface area contributed by atoms with Crippen molar-refractivity contribution in [2.24, 2.45) is 0 Å². The van der Waals surface area contributed by atoms with Crippen molar-refractivity contribution in [3.8, 4) is 0 Å². The highest BCUT2D eigenvalue weighted by Crippen LogP contribution is 2.32. The van der Waals surface area contributed by atoms with Crippen LogP contribution in [0, 0.1) is 0 Å². The second-order valence-electron chi connectivity index (χ2n) is 5.08. The molecule has 1 saturated heterocycles. The fourth-order valence-electron chi connectivity index (χ4n) is 2.85. The molecule has 1 aliphatic carbocycles. The average Bonchev–Trinajstić information content (AvgIpc) is 2.55. The van der Waals surface area contributed by atoms with Gasteiger partial charge in [-0.25, -0.2) is 4.79 Å². The average molecular weight is 254 g/mol. The molecule has 0 aromatic rings. The number of rotatable bonds is 4. The molecule has 1 spiro atoms. The quantitative estimate of drug-likeness (QED) is 0.613. The van der Waals surface area contributed by atoms with Crippen molar-refractivity contribution in [2.45, 2.75) is 51.0 Å². The van der Waals surface area contributed by atoms with Gasteiger partial charge in [0, 0.05) is 6.61 Å². The lowest BCUT2D eigenvalue weighted by molar-refractivity contribution is -0.132. The first-order chi connectivity index (χ1) is 8.69. The molecule has 2 rings (SSSR count). The van der Waals surface area contributed by atoms with E-state index in [9.17, 15) is 9.59 Å². The number of imide groups is 1. The van der Waals surface area contributed by atoms with Crippen molar-refractivity contribution in [1.82, 2.24) is 10.2 Å². The van der Waals surface area contributed by atoms with Crippen molar-refractivity contribution in [3.63, 3.8) is 0 Å². The minimum Gasteiger partial charge on any atom is -0.380 e. The van der Waals surface area contributed by atoms with E-state index in [0.717, 1.165) is 38.5 Å². The highest BCUT2D eigenvalue weighted by Gasteiger charge is 2.50. The van der Waals surface area contributed by atoms with Crippen LogP contribution >= 0.6 is 0 Å². The van der Waals surface area contributed by atoms with Crippen molar-refractivity contribution in [3.05, 3.63) is 0 Å². The third-order valence-electron chi connectivity index (χ3n) is 3.87. The Labute approximate surface area is 108 Å². The monoisotopic (exact) mass is 254 g/mol. The molecule has 0 bridgehead atoms. The Kier molecular flexibility index (Phi) is 4.22. The summed E-state index contributed by atoms with van der Waals surface area (Å²) < 4.78 is 5.22. The van der Waals surface area contributed by atoms with Crippen LogP contribution < -0.4 is 5.32 Å². The Balaban J connectivity index is 2.02. The molecule has 3 amide bonds. The van der Waals surface area contributed by atoms with Crippen molar-refractivity contribution in [2.75, 3.05) is 19.8 Å². The predicted molar refractivity (Wildman–Crippen MR) is 67.2 cm³/mol. The van der Waals surface area contributed by atoms with Gasteiger partial charge in [0.1, 0.15) is 5.54 Å². The van der Waals surface area contributed by atoms with Crippen LogP contribution in [-0.4, -0.2) is 42.1 Å². The van der Waals surface area contributed by atoms with Gasteiger partial charge < -0.3 is 10.1 Å². The summed E-state index contributed by atoms with van der Waals surface area (Å²) in [7, 11) is 0. The zero-order valence-corrected chi connectivity index (χ0v) is 11.0. The molecule has 18 heavy (non-hydrogen) atoms. The number of ether oxygens (including phenoxy) is 1. The molecule has 2 aliphatic rings. The van der Waals surface area contributed by atoms with E-state index in [0.29, 0.717) is 19.8 Å². The maximum atomic E-state index is 12.4. The molecule has 1 heterocycles. The van der Waals surface area contributed by atoms with Crippen molar-refractivity contribution in [1.29, 1.82) is 0 Å². The zero-order valence-electron chi connectivity index (χ0n) is 11.0. The molecular weight excluding hydrogens is 232 g/mol. The van der Waals surface area contributed by atoms with Gasteiger partial charge in [0.15, 0.2) is 0 Å². The zero-order chi connectivity index (χ0) is 13.0. The van der Waals surface area contributed by atoms with Crippen LogP contribution in [0.1, 0.15) is 45.4 Å². The van der Waals surface area contributed by atoms with Gasteiger partial charge in [0.2, 0.25) is 0 Å². The van der Waals surface area contributed by atoms with E-state index in [-0.39, 0.29) is 11.9 Å². The molecule has 1 saturated carbocycles. The molecule has 1 N–H and O–H groups in total. The lowest BCUT2D eigenvalue weighted by Gasteiger charge is -2.24. The standard InChI is InChI=1S/C13H22N2O3/c1-2-18-10-9-15-11(16)13(14-12(15)17)7-5-3-4-6-8-13/h2-10H2,1H3,(H,14,17). The number of amides is 3. The van der Waals surface area contributed by atoms with E-state index in [1.165, 1.54) is 4.90 Å². The lowest BCUT2D eigenvalue weighted by Crippen LogP contribution is -2.46. The molecular formula is C13H22N2O3. The summed E-state index contributed by atoms with van der Waals surface area (Å²) in [6, 6.07) is -0.249. The molecule has 5 nitrogen and oxygen atoms in total. The third-order valence-corrected chi connectivity index (χ3v) is 3.87. The number of nitrogens with zero attached hydrogens (tertiary/aromatic N) is 1. The van der Waals surface area contributed by atoms with E-state index in [2.05, 4.69) is 5.32 Å². The molecule has 102 valence electrons. The Morgan fingerprint density at radius 1 is 1.22 bits per heavy atom. The Morgan fingerprint density at radius 2 is 1.89 bits per heavy atom. The Hall–Kier alpha value is -1.10. The first-order valence-corrected chi connectivity index (χ1v) is 6.91. The van der Waals surface area contributed by atoms with Crippen LogP contribution in [-0.2, 0) is 9.53 Å². The highest BCUT2D eigenvalue weighted by molar-refractivity contribution is 6.07. The first-order valence-electron chi connectivity index (χ1n) is 6.91. The van der Waals surface area contributed by atoms with Gasteiger partial charge in [-0.05, 0) is 19.8 Å². The van der Waals surface area contributed by atoms with Crippen LogP contribution in [0.25, 0.3) is 0 Å². The van der Waals surface area contributed by atoms with E-state index in [1.807, 2.05) is 6.92 Å². The number of hydrogen-bond acceptors (Lipinski definition) is 3. The van der Waals surface area contributed by atoms with Crippen molar-refractivity contribution < 1.29 is 14.3 Å². The van der Waals surface area contributed by atoms with E-state index in [4.69, 9.17) is 4.74 Å². The van der Waals surface area contributed by atoms with Crippen LogP contribution in [0.5, 0.6) is 0 Å². The van der Waals surface area contributed by atoms with Gasteiger partial charge in [-0.3, -0.25) is 9.69 Å². The van der Waals surface area contributed by atoms with Gasteiger partial charge in [0.25, 0.3) is 5.91 Å². The minimum atomic E-state index is -0.611. The lowest BCUT2D eigenvalue weighted by atomic mass is 9.90. The summed E-state index contributed by atoms with van der Waals surface area (Å²) in [4.78, 5) is 25.7. The smallest absolute Gasteiger partial charge is 0.325 e. The largest absolute Gasteiger partial charge is 0.380 e. The molecule has 0 aromatic carbocycles. The van der Waals surface area contributed by atoms with Gasteiger partial charge >= 0.3 is 6.03 Å². The summed E-state index contributed by atoms with van der Waals surface area (Å²) in [5.41, 5.74) is -0.611. The second kappa shape index (κ2) is 5.69. The Bertz CT molecular complexity index is 322. The maximum absolute atomic E-state index is 12.4. The molecule has 2 fully saturated rings. The normalized spacial score (nSPS) is 23.3. The molecule has 0 aromatic heterocycles. The maximum Gasteiger partial charge on any atom is 0.325 e. The van der Waals surface area contributed by atoms with Crippen molar-refractivity contribution >= 4 is 11.9 Å². The summed E-state index contributed by atoms with van der Waals surface area (Å²) in [6.07, 6.45) is 5.91. The minimum absolute atomic E-state index is 0.0471. The van der Waals surface area contributed by atoms with Crippen LogP contribution in [0.2, 0.25) is 0 Å². The second-order valence-corrected chi connectivity index (χ2v) is 5.08. The highest BCUT2D eigenvalue weighted by atomic mass is 16.5. The number of carbonyl (C=O) groups excluding carboxylic acids is 2. The van der Waals surface area contributed by atoms with Gasteiger partial charge in [0.05, 0.1) is 13.2 Å². The Morgan fingerprint density at radius 3 is 2.50 bits per heavy atom. The molecule has 0 unspecified atom stereocenters. The van der Waals surface area contributed by atoms with Gasteiger partial charge in [-0.2, -0.15) is 0 Å². The third kappa shape index (κ3) is 2.51. The fraction of sp³-hybridized carbons (Fsp3) is 0.846. The van der Waals surface area contributed by atoms with Crippen LogP contribution in [0.3, 0.4) is 0 Å². The van der Waals surface area contributed by atoms with Crippen LogP contribution in [0.15, 0.2) is 0 Å². The number of hydrogen-bond donors (Lipinski definition) is 1. The molecule has 0 radical (unpaired) electrons. The topological polar surface area (TPSA) is 58.6 Å². The first kappa shape index (κ1) is 13.3. The van der Waals surface area contributed by atoms with Gasteiger partial charge in [-0.15, -0.1) is 0 Å². The summed E-state index contributed by atoms with van der Waals surface area (Å²) >= 11 is 0. The molecule has 5 heteroatoms. The van der Waals surface area contributed by atoms with E-state index >= 15 is 0 Å². The van der Waals surface area contributed by atoms with Gasteiger partial charge in [-0.1, -0.05) is 25.7 Å².